The summed E-state index contributed by atoms with van der Waals surface area (Å²) < 4.78 is 0.299. The molecule has 0 atom stereocenters. The van der Waals surface area contributed by atoms with Crippen molar-refractivity contribution in [2.75, 3.05) is 14.1 Å². The first-order valence-electron chi connectivity index (χ1n) is 5.15. The predicted molar refractivity (Wildman–Crippen MR) is 62.7 cm³/mol. The Morgan fingerprint density at radius 2 is 1.88 bits per heavy atom. The largest absolute Gasteiger partial charge is 0.270 e. The van der Waals surface area contributed by atoms with E-state index >= 15 is 0 Å². The topological polar surface area (TPSA) is 72.2 Å². The third kappa shape index (κ3) is 4.20. The van der Waals surface area contributed by atoms with Crippen LogP contribution >= 0.6 is 0 Å². The van der Waals surface area contributed by atoms with Crippen LogP contribution in [0.2, 0.25) is 0 Å². The number of carbonyl (C=O) groups is 1. The van der Waals surface area contributed by atoms with E-state index in [1.165, 1.54) is 19.1 Å². The highest BCUT2D eigenvalue weighted by Crippen LogP contribution is 2.14. The van der Waals surface area contributed by atoms with Crippen LogP contribution in [-0.2, 0) is 11.3 Å². The lowest BCUT2D eigenvalue weighted by atomic mass is 10.2. The highest BCUT2D eigenvalue weighted by atomic mass is 16.6. The fourth-order valence-corrected chi connectivity index (χ4v) is 1.65. The first-order valence-corrected chi connectivity index (χ1v) is 5.15. The van der Waals surface area contributed by atoms with E-state index in [-0.39, 0.29) is 11.6 Å². The SMILES string of the molecule is CC(=O)N[N+](C)(C)Cc1ccc([N+](=O)[O-])cc1. The first kappa shape index (κ1) is 13.1. The van der Waals surface area contributed by atoms with Gasteiger partial charge in [0.25, 0.3) is 11.6 Å². The van der Waals surface area contributed by atoms with Crippen molar-refractivity contribution < 1.29 is 14.3 Å². The van der Waals surface area contributed by atoms with E-state index in [0.717, 1.165) is 5.56 Å². The minimum Gasteiger partial charge on any atom is -0.270 e. The fourth-order valence-electron chi connectivity index (χ4n) is 1.65. The van der Waals surface area contributed by atoms with Gasteiger partial charge in [-0.05, 0) is 12.1 Å². The lowest BCUT2D eigenvalue weighted by molar-refractivity contribution is -0.938. The Labute approximate surface area is 99.6 Å². The smallest absolute Gasteiger partial charge is 0.269 e. The van der Waals surface area contributed by atoms with E-state index in [0.29, 0.717) is 11.1 Å². The van der Waals surface area contributed by atoms with E-state index in [1.54, 1.807) is 12.1 Å². The summed E-state index contributed by atoms with van der Waals surface area (Å²) in [7, 11) is 3.70. The van der Waals surface area contributed by atoms with Gasteiger partial charge in [0.2, 0.25) is 0 Å². The third-order valence-corrected chi connectivity index (χ3v) is 2.19. The van der Waals surface area contributed by atoms with Gasteiger partial charge in [0.15, 0.2) is 0 Å². The summed E-state index contributed by atoms with van der Waals surface area (Å²) in [6.45, 7) is 2.02. The maximum absolute atomic E-state index is 11.0. The van der Waals surface area contributed by atoms with E-state index in [4.69, 9.17) is 0 Å². The number of hydrogen-bond acceptors (Lipinski definition) is 3. The van der Waals surface area contributed by atoms with Crippen molar-refractivity contribution in [2.24, 2.45) is 0 Å². The summed E-state index contributed by atoms with van der Waals surface area (Å²) in [5.41, 5.74) is 3.76. The van der Waals surface area contributed by atoms with Gasteiger partial charge in [-0.15, -0.1) is 0 Å². The molecule has 0 aromatic heterocycles. The average Bonchev–Trinajstić information content (AvgIpc) is 2.15. The van der Waals surface area contributed by atoms with Gasteiger partial charge in [0, 0.05) is 24.6 Å². The highest BCUT2D eigenvalue weighted by Gasteiger charge is 2.18. The summed E-state index contributed by atoms with van der Waals surface area (Å²) >= 11 is 0. The number of nitrogens with zero attached hydrogens (tertiary/aromatic N) is 2. The molecule has 0 saturated carbocycles. The van der Waals surface area contributed by atoms with Crippen molar-refractivity contribution >= 4 is 11.6 Å². The molecule has 1 aromatic rings. The van der Waals surface area contributed by atoms with Gasteiger partial charge in [-0.3, -0.25) is 14.9 Å². The van der Waals surface area contributed by atoms with Gasteiger partial charge in [-0.1, -0.05) is 0 Å². The number of nitrogens with one attached hydrogen (secondary N) is 1. The van der Waals surface area contributed by atoms with Crippen LogP contribution < -0.4 is 5.43 Å². The molecule has 92 valence electrons. The van der Waals surface area contributed by atoms with Crippen molar-refractivity contribution in [1.82, 2.24) is 5.43 Å². The van der Waals surface area contributed by atoms with Crippen LogP contribution in [0, 0.1) is 10.1 Å². The van der Waals surface area contributed by atoms with Crippen LogP contribution in [-0.4, -0.2) is 29.5 Å². The molecule has 6 nitrogen and oxygen atoms in total. The molecule has 0 aliphatic carbocycles. The molecule has 17 heavy (non-hydrogen) atoms. The van der Waals surface area contributed by atoms with Crippen molar-refractivity contribution in [3.05, 3.63) is 39.9 Å². The second-order valence-corrected chi connectivity index (χ2v) is 4.43. The van der Waals surface area contributed by atoms with Gasteiger partial charge < -0.3 is 0 Å². The Morgan fingerprint density at radius 3 is 2.29 bits per heavy atom. The summed E-state index contributed by atoms with van der Waals surface area (Å²) in [5, 5.41) is 10.5. The van der Waals surface area contributed by atoms with Gasteiger partial charge >= 0.3 is 0 Å². The second-order valence-electron chi connectivity index (χ2n) is 4.43. The Morgan fingerprint density at radius 1 is 1.35 bits per heavy atom. The minimum absolute atomic E-state index is 0.0681. The standard InChI is InChI=1S/C11H15N3O3/c1-9(15)12-14(2,3)8-10-4-6-11(7-5-10)13(16)17/h4-7H,8H2,1-3H3/p+1. The molecule has 0 aliphatic rings. The number of hydrogen-bond donors (Lipinski definition) is 1. The molecule has 1 rings (SSSR count). The van der Waals surface area contributed by atoms with Gasteiger partial charge in [-0.2, -0.15) is 0 Å². The number of non-ortho nitro benzene ring substituents is 1. The molecule has 0 spiro atoms. The molecular weight excluding hydrogens is 222 g/mol. The van der Waals surface area contributed by atoms with Crippen molar-refractivity contribution in [1.29, 1.82) is 0 Å². The Hall–Kier alpha value is -1.95. The van der Waals surface area contributed by atoms with Crippen molar-refractivity contribution in [3.8, 4) is 0 Å². The van der Waals surface area contributed by atoms with Crippen LogP contribution in [0.25, 0.3) is 0 Å². The molecule has 1 aromatic carbocycles. The van der Waals surface area contributed by atoms with Crippen LogP contribution in [0.1, 0.15) is 12.5 Å². The molecule has 0 radical (unpaired) electrons. The second kappa shape index (κ2) is 4.92. The first-order chi connectivity index (χ1) is 7.80. The predicted octanol–water partition coefficient (Wildman–Crippen LogP) is 1.22. The number of rotatable bonds is 4. The minimum atomic E-state index is -0.433. The normalized spacial score (nSPS) is 11.0. The molecule has 0 bridgehead atoms. The fraction of sp³-hybridized carbons (Fsp3) is 0.364. The zero-order valence-corrected chi connectivity index (χ0v) is 10.1. The molecule has 0 heterocycles. The Bertz CT molecular complexity index is 426. The molecule has 0 fully saturated rings. The summed E-state index contributed by atoms with van der Waals surface area (Å²) in [6.07, 6.45) is 0. The molecule has 0 saturated heterocycles. The number of benzene rings is 1. The van der Waals surface area contributed by atoms with Crippen LogP contribution in [0.15, 0.2) is 24.3 Å². The van der Waals surface area contributed by atoms with E-state index in [1.807, 2.05) is 14.1 Å². The number of nitro groups is 1. The molecule has 0 aliphatic heterocycles. The zero-order valence-electron chi connectivity index (χ0n) is 10.1. The molecular formula is C11H16N3O3+. The molecule has 1 N–H and O–H groups in total. The van der Waals surface area contributed by atoms with Crippen molar-refractivity contribution in [2.45, 2.75) is 13.5 Å². The lowest BCUT2D eigenvalue weighted by Gasteiger charge is -2.28. The maximum atomic E-state index is 11.0. The number of quaternary nitrogens is 1. The quantitative estimate of drug-likeness (QED) is 0.487. The molecule has 6 heteroatoms. The lowest BCUT2D eigenvalue weighted by Crippen LogP contribution is -2.52. The average molecular weight is 238 g/mol. The third-order valence-electron chi connectivity index (χ3n) is 2.19. The molecule has 0 unspecified atom stereocenters. The van der Waals surface area contributed by atoms with Gasteiger partial charge in [0.05, 0.1) is 19.0 Å². The van der Waals surface area contributed by atoms with Crippen LogP contribution in [0.4, 0.5) is 5.69 Å². The van der Waals surface area contributed by atoms with Crippen LogP contribution in [0.3, 0.4) is 0 Å². The molecule has 1 amide bonds. The number of nitro benzene ring substituents is 1. The number of carbonyl (C=O) groups excluding carboxylic acids is 1. The van der Waals surface area contributed by atoms with Gasteiger partial charge in [-0.25, -0.2) is 10.0 Å². The summed E-state index contributed by atoms with van der Waals surface area (Å²) in [4.78, 5) is 21.0. The van der Waals surface area contributed by atoms with E-state index in [2.05, 4.69) is 5.43 Å². The number of amides is 1. The van der Waals surface area contributed by atoms with Gasteiger partial charge in [0.1, 0.15) is 6.54 Å². The Balaban J connectivity index is 2.75. The zero-order chi connectivity index (χ0) is 13.1. The van der Waals surface area contributed by atoms with Crippen molar-refractivity contribution in [3.63, 3.8) is 0 Å². The maximum Gasteiger partial charge on any atom is 0.269 e. The van der Waals surface area contributed by atoms with Crippen LogP contribution in [0.5, 0.6) is 0 Å². The summed E-state index contributed by atoms with van der Waals surface area (Å²) in [6, 6.07) is 6.31. The summed E-state index contributed by atoms with van der Waals surface area (Å²) in [5.74, 6) is -0.114. The Kier molecular flexibility index (Phi) is 3.80. The van der Waals surface area contributed by atoms with E-state index in [9.17, 15) is 14.9 Å². The highest BCUT2D eigenvalue weighted by molar-refractivity contribution is 5.71. The van der Waals surface area contributed by atoms with E-state index < -0.39 is 4.92 Å². The monoisotopic (exact) mass is 238 g/mol.